The normalized spacial score (nSPS) is 21.4. The lowest BCUT2D eigenvalue weighted by Gasteiger charge is -2.45. The number of carbonyl (C=O) groups excluding carboxylic acids is 8. The van der Waals surface area contributed by atoms with Crippen LogP contribution in [0.1, 0.15) is 103 Å². The van der Waals surface area contributed by atoms with Crippen molar-refractivity contribution in [2.24, 2.45) is 0 Å². The van der Waals surface area contributed by atoms with E-state index in [1.165, 1.54) is 97.1 Å². The van der Waals surface area contributed by atoms with Gasteiger partial charge in [0.15, 0.2) is 49.2 Å². The summed E-state index contributed by atoms with van der Waals surface area (Å²) in [5.41, 5.74) is 0.813. The maximum absolute atomic E-state index is 14.4. The Morgan fingerprint density at radius 2 is 0.473 bits per heavy atom. The van der Waals surface area contributed by atoms with Gasteiger partial charge >= 0.3 is 47.8 Å². The molecule has 2 fully saturated rings. The molecule has 2 heterocycles. The summed E-state index contributed by atoms with van der Waals surface area (Å²) in [6, 6.07) is 63.4. The summed E-state index contributed by atoms with van der Waals surface area (Å²) < 4.78 is 75.9. The van der Waals surface area contributed by atoms with Gasteiger partial charge in [-0.1, -0.05) is 146 Å². The second-order valence-electron chi connectivity index (χ2n) is 21.6. The molecular formula is C73H64O20. The van der Waals surface area contributed by atoms with Gasteiger partial charge in [-0.3, -0.25) is 0 Å². The predicted molar refractivity (Wildman–Crippen MR) is 330 cm³/mol. The van der Waals surface area contributed by atoms with Crippen LogP contribution in [0, 0.1) is 0 Å². The van der Waals surface area contributed by atoms with Crippen LogP contribution in [-0.2, 0) is 56.8 Å². The highest BCUT2D eigenvalue weighted by Crippen LogP contribution is 2.36. The third-order valence-electron chi connectivity index (χ3n) is 14.9. The van der Waals surface area contributed by atoms with Gasteiger partial charge in [-0.2, -0.15) is 0 Å². The van der Waals surface area contributed by atoms with Crippen LogP contribution in [0.3, 0.4) is 0 Å². The number of hydrogen-bond acceptors (Lipinski definition) is 20. The molecule has 0 amide bonds. The third kappa shape index (κ3) is 17.4. The van der Waals surface area contributed by atoms with Crippen molar-refractivity contribution in [2.45, 2.75) is 93.9 Å². The molecule has 2 saturated heterocycles. The second-order valence-corrected chi connectivity index (χ2v) is 21.6. The van der Waals surface area contributed by atoms with Gasteiger partial charge in [0.25, 0.3) is 0 Å². The summed E-state index contributed by atoms with van der Waals surface area (Å²) in [7, 11) is 0. The zero-order chi connectivity index (χ0) is 65.1. The molecule has 0 spiro atoms. The quantitative estimate of drug-likeness (QED) is 0.0403. The number of hydrogen-bond donors (Lipinski definition) is 0. The summed E-state index contributed by atoms with van der Waals surface area (Å²) in [6.45, 7) is 1.96. The molecule has 2 aliphatic rings. The number of esters is 8. The van der Waals surface area contributed by atoms with Crippen molar-refractivity contribution in [3.63, 3.8) is 0 Å². The molecular weight excluding hydrogens is 1200 g/mol. The van der Waals surface area contributed by atoms with E-state index in [-0.39, 0.29) is 50.9 Å². The fourth-order valence-corrected chi connectivity index (χ4v) is 10.3. The molecule has 0 unspecified atom stereocenters. The Morgan fingerprint density at radius 1 is 0.280 bits per heavy atom. The summed E-state index contributed by atoms with van der Waals surface area (Å²) >= 11 is 0. The molecule has 0 aromatic heterocycles. The van der Waals surface area contributed by atoms with E-state index in [0.717, 1.165) is 0 Å². The van der Waals surface area contributed by atoms with Crippen LogP contribution in [0.25, 0.3) is 0 Å². The predicted octanol–water partition coefficient (Wildman–Crippen LogP) is 10.7. The Bertz CT molecular complexity index is 3530. The van der Waals surface area contributed by atoms with Gasteiger partial charge in [0.1, 0.15) is 25.4 Å². The van der Waals surface area contributed by atoms with Crippen LogP contribution in [-0.4, -0.2) is 135 Å². The lowest BCUT2D eigenvalue weighted by atomic mass is 9.97. The number of carbonyl (C=O) groups is 8. The average Bonchev–Trinajstić information content (AvgIpc) is 0.794. The van der Waals surface area contributed by atoms with Crippen LogP contribution >= 0.6 is 0 Å². The van der Waals surface area contributed by atoms with Crippen LogP contribution in [0.15, 0.2) is 243 Å². The monoisotopic (exact) mass is 1260 g/mol. The molecule has 20 nitrogen and oxygen atoms in total. The summed E-state index contributed by atoms with van der Waals surface area (Å²) in [6.07, 6.45) is -19.0. The van der Waals surface area contributed by atoms with Crippen molar-refractivity contribution in [1.82, 2.24) is 0 Å². The van der Waals surface area contributed by atoms with E-state index in [1.807, 2.05) is 0 Å². The van der Waals surface area contributed by atoms with Gasteiger partial charge in [0.2, 0.25) is 0 Å². The van der Waals surface area contributed by atoms with Crippen LogP contribution in [0.5, 0.6) is 0 Å². The first-order valence-electron chi connectivity index (χ1n) is 29.9. The molecule has 0 aliphatic carbocycles. The summed E-state index contributed by atoms with van der Waals surface area (Å²) in [4.78, 5) is 113. The Kier molecular flexibility index (Phi) is 22.4. The standard InChI is InChI=1S/C73H64O20/c1-46(84-72-62(92-70(80)54-39-23-9-24-40-54)60(90-68(78)52-35-19-7-20-36-52)58(88-66(76)50-31-15-5-16-32-50)56(86-72)44-82-64(74)48-27-11-3-12-28-48)43-47(2)85-73-63(93-71(81)55-41-25-10-26-42-55)61(91-69(79)53-37-21-8-22-38-53)59(89-67(77)51-33-17-6-18-34-51)57(87-73)45-83-65(75)49-29-13-4-14-30-49/h3-42,46-47,56-63,72-73H,43-45H2,1-2H3/t46-,47-,56-,57-,58-,59-,60+,61+,62+,63+,72+,73+/m1/s1. The molecule has 0 saturated carbocycles. The minimum absolute atomic E-state index is 0.0705. The van der Waals surface area contributed by atoms with Crippen molar-refractivity contribution >= 4 is 47.8 Å². The Labute approximate surface area is 535 Å². The topological polar surface area (TPSA) is 247 Å². The van der Waals surface area contributed by atoms with Crippen molar-refractivity contribution < 1.29 is 95.2 Å². The highest BCUT2D eigenvalue weighted by atomic mass is 16.8. The lowest BCUT2D eigenvalue weighted by Crippen LogP contribution is -2.64. The minimum Gasteiger partial charge on any atom is -0.459 e. The van der Waals surface area contributed by atoms with Gasteiger partial charge in [0, 0.05) is 0 Å². The highest BCUT2D eigenvalue weighted by Gasteiger charge is 2.56. The minimum atomic E-state index is -1.75. The first kappa shape index (κ1) is 65.3. The largest absolute Gasteiger partial charge is 0.459 e. The van der Waals surface area contributed by atoms with Gasteiger partial charge in [-0.25, -0.2) is 38.4 Å². The Balaban J connectivity index is 1.000. The fourth-order valence-electron chi connectivity index (χ4n) is 10.3. The molecule has 8 aromatic carbocycles. The van der Waals surface area contributed by atoms with Crippen molar-refractivity contribution in [1.29, 1.82) is 0 Å². The number of ether oxygens (including phenoxy) is 12. The number of rotatable bonds is 24. The van der Waals surface area contributed by atoms with Crippen molar-refractivity contribution in [3.05, 3.63) is 287 Å². The first-order chi connectivity index (χ1) is 45.3. The van der Waals surface area contributed by atoms with E-state index in [9.17, 15) is 38.4 Å². The van der Waals surface area contributed by atoms with Gasteiger partial charge in [-0.05, 0) is 117 Å². The lowest BCUT2D eigenvalue weighted by molar-refractivity contribution is -0.318. The van der Waals surface area contributed by atoms with Crippen molar-refractivity contribution in [3.8, 4) is 0 Å². The smallest absolute Gasteiger partial charge is 0.338 e. The van der Waals surface area contributed by atoms with E-state index in [1.54, 1.807) is 159 Å². The highest BCUT2D eigenvalue weighted by molar-refractivity contribution is 5.93. The zero-order valence-electron chi connectivity index (χ0n) is 50.3. The van der Waals surface area contributed by atoms with Crippen LogP contribution < -0.4 is 0 Å². The maximum atomic E-state index is 14.4. The van der Waals surface area contributed by atoms with E-state index >= 15 is 0 Å². The van der Waals surface area contributed by atoms with Gasteiger partial charge < -0.3 is 56.8 Å². The molecule has 0 N–H and O–H groups in total. The molecule has 93 heavy (non-hydrogen) atoms. The van der Waals surface area contributed by atoms with Crippen molar-refractivity contribution in [2.75, 3.05) is 13.2 Å². The van der Waals surface area contributed by atoms with Gasteiger partial charge in [0.05, 0.1) is 56.7 Å². The SMILES string of the molecule is C[C@H](C[C@@H](C)O[C@H]1O[C@H](COC(=O)c2ccccc2)[C@@H](OC(=O)c2ccccc2)[C@H](OC(=O)c2ccccc2)[C@@H]1OC(=O)c1ccccc1)O[C@H]1O[C@H](COC(=O)c2ccccc2)[C@@H](OC(=O)c2ccccc2)[C@H](OC(=O)c2ccccc2)[C@@H]1OC(=O)c1ccccc1. The summed E-state index contributed by atoms with van der Waals surface area (Å²) in [5.74, 6) is -7.06. The third-order valence-corrected chi connectivity index (χ3v) is 14.9. The van der Waals surface area contributed by atoms with E-state index in [2.05, 4.69) is 0 Å². The van der Waals surface area contributed by atoms with E-state index in [0.29, 0.717) is 0 Å². The van der Waals surface area contributed by atoms with Crippen LogP contribution in [0.2, 0.25) is 0 Å². The number of benzene rings is 8. The van der Waals surface area contributed by atoms with Gasteiger partial charge in [-0.15, -0.1) is 0 Å². The molecule has 476 valence electrons. The Hall–Kier alpha value is -10.6. The molecule has 0 bridgehead atoms. The molecule has 8 aromatic rings. The van der Waals surface area contributed by atoms with E-state index in [4.69, 9.17) is 56.8 Å². The average molecular weight is 1260 g/mol. The molecule has 12 atom stereocenters. The van der Waals surface area contributed by atoms with Crippen LogP contribution in [0.4, 0.5) is 0 Å². The molecule has 10 rings (SSSR count). The summed E-state index contributed by atoms with van der Waals surface area (Å²) in [5, 5.41) is 0. The zero-order valence-corrected chi connectivity index (χ0v) is 50.3. The van der Waals surface area contributed by atoms with E-state index < -0.39 is 135 Å². The molecule has 0 radical (unpaired) electrons. The Morgan fingerprint density at radius 3 is 0.699 bits per heavy atom. The molecule has 2 aliphatic heterocycles. The second kappa shape index (κ2) is 31.9. The maximum Gasteiger partial charge on any atom is 0.338 e. The first-order valence-corrected chi connectivity index (χ1v) is 29.9. The fraction of sp³-hybridized carbons (Fsp3) is 0.233. The molecule has 20 heteroatoms.